The summed E-state index contributed by atoms with van der Waals surface area (Å²) in [5, 5.41) is 103. The van der Waals surface area contributed by atoms with Gasteiger partial charge in [0.15, 0.2) is 18.9 Å². The van der Waals surface area contributed by atoms with E-state index in [1.165, 1.54) is 64.2 Å². The third-order valence-electron chi connectivity index (χ3n) is 9.85. The molecule has 0 unspecified atom stereocenters. The first kappa shape index (κ1) is 43.8. The van der Waals surface area contributed by atoms with Crippen LogP contribution in [0.25, 0.3) is 0 Å². The van der Waals surface area contributed by atoms with Gasteiger partial charge in [-0.3, -0.25) is 0 Å². The van der Waals surface area contributed by atoms with Crippen molar-refractivity contribution in [1.82, 2.24) is 0 Å². The SMILES string of the molecule is CCCCCCCCCCCCCCCCO[C@H]1O[C@H](CO)[C@H](O[C@H]2O[C@H](CO)[C@H](O[C@H]3O[C@H](CO)[C@H](O)[C@H](O)[C@H]3O)[C@H](O)[C@H]2O)[C@H](O)[C@H]1O. The van der Waals surface area contributed by atoms with Crippen molar-refractivity contribution in [2.75, 3.05) is 26.4 Å². The van der Waals surface area contributed by atoms with Crippen LogP contribution < -0.4 is 0 Å². The Morgan fingerprint density at radius 2 is 0.760 bits per heavy atom. The Hall–Kier alpha value is -0.640. The quantitative estimate of drug-likeness (QED) is 0.0562. The minimum Gasteiger partial charge on any atom is -0.394 e. The topological polar surface area (TPSA) is 258 Å². The Morgan fingerprint density at radius 1 is 0.400 bits per heavy atom. The van der Waals surface area contributed by atoms with Gasteiger partial charge in [-0.1, -0.05) is 90.4 Å². The Kier molecular flexibility index (Phi) is 20.3. The molecule has 0 aromatic rings. The third-order valence-corrected chi connectivity index (χ3v) is 9.85. The second kappa shape index (κ2) is 23.2. The first-order valence-corrected chi connectivity index (χ1v) is 18.6. The summed E-state index contributed by atoms with van der Waals surface area (Å²) >= 11 is 0. The van der Waals surface area contributed by atoms with Crippen LogP contribution in [0.4, 0.5) is 0 Å². The van der Waals surface area contributed by atoms with E-state index in [1.807, 2.05) is 0 Å². The van der Waals surface area contributed by atoms with Crippen LogP contribution in [0.1, 0.15) is 96.8 Å². The van der Waals surface area contributed by atoms with Crippen LogP contribution in [0, 0.1) is 0 Å². The Bertz CT molecular complexity index is 882. The fourth-order valence-corrected chi connectivity index (χ4v) is 6.68. The lowest BCUT2D eigenvalue weighted by molar-refractivity contribution is -0.379. The molecule has 0 amide bonds. The summed E-state index contributed by atoms with van der Waals surface area (Å²) in [5.41, 5.74) is 0. The van der Waals surface area contributed by atoms with Gasteiger partial charge in [0.2, 0.25) is 0 Å². The van der Waals surface area contributed by atoms with E-state index < -0.39 is 112 Å². The number of aliphatic hydroxyl groups is 10. The van der Waals surface area contributed by atoms with Crippen LogP contribution in [0.3, 0.4) is 0 Å². The highest BCUT2D eigenvalue weighted by atomic mass is 16.8. The van der Waals surface area contributed by atoms with E-state index >= 15 is 0 Å². The molecule has 3 aliphatic heterocycles. The first-order valence-electron chi connectivity index (χ1n) is 18.6. The van der Waals surface area contributed by atoms with Gasteiger partial charge in [-0.25, -0.2) is 0 Å². The molecule has 3 rings (SSSR count). The van der Waals surface area contributed by atoms with Gasteiger partial charge in [-0.05, 0) is 6.42 Å². The van der Waals surface area contributed by atoms with Crippen molar-refractivity contribution in [3.8, 4) is 0 Å². The lowest BCUT2D eigenvalue weighted by Crippen LogP contribution is -2.66. The summed E-state index contributed by atoms with van der Waals surface area (Å²) in [6.45, 7) is 0.309. The Labute approximate surface area is 294 Å². The molecule has 0 bridgehead atoms. The van der Waals surface area contributed by atoms with Gasteiger partial charge in [0.25, 0.3) is 0 Å². The zero-order chi connectivity index (χ0) is 36.6. The molecule has 16 nitrogen and oxygen atoms in total. The fourth-order valence-electron chi connectivity index (χ4n) is 6.68. The smallest absolute Gasteiger partial charge is 0.187 e. The Balaban J connectivity index is 1.40. The van der Waals surface area contributed by atoms with Crippen molar-refractivity contribution in [3.63, 3.8) is 0 Å². The van der Waals surface area contributed by atoms with Crippen molar-refractivity contribution in [2.45, 2.75) is 189 Å². The molecule has 3 heterocycles. The zero-order valence-electron chi connectivity index (χ0n) is 29.3. The third kappa shape index (κ3) is 12.5. The molecule has 3 aliphatic rings. The van der Waals surface area contributed by atoms with Crippen LogP contribution in [-0.4, -0.2) is 170 Å². The molecule has 0 aromatic heterocycles. The molecule has 296 valence electrons. The lowest BCUT2D eigenvalue weighted by atomic mass is 9.96. The number of unbranched alkanes of at least 4 members (excludes halogenated alkanes) is 13. The van der Waals surface area contributed by atoms with Gasteiger partial charge in [0, 0.05) is 6.61 Å². The fraction of sp³-hybridized carbons (Fsp3) is 1.00. The predicted molar refractivity (Wildman–Crippen MR) is 175 cm³/mol. The number of aliphatic hydroxyl groups excluding tert-OH is 10. The molecule has 3 saturated heterocycles. The average molecular weight is 729 g/mol. The predicted octanol–water partition coefficient (Wildman–Crippen LogP) is -1.07. The maximum absolute atomic E-state index is 10.9. The lowest BCUT2D eigenvalue weighted by Gasteiger charge is -2.48. The van der Waals surface area contributed by atoms with Gasteiger partial charge >= 0.3 is 0 Å². The van der Waals surface area contributed by atoms with E-state index in [9.17, 15) is 51.1 Å². The summed E-state index contributed by atoms with van der Waals surface area (Å²) < 4.78 is 33.5. The van der Waals surface area contributed by atoms with Crippen LogP contribution in [0.5, 0.6) is 0 Å². The normalized spacial score (nSPS) is 39.5. The molecule has 16 heteroatoms. The number of hydrogen-bond acceptors (Lipinski definition) is 16. The van der Waals surface area contributed by atoms with Crippen LogP contribution in [0.15, 0.2) is 0 Å². The molecule has 0 radical (unpaired) electrons. The van der Waals surface area contributed by atoms with Crippen LogP contribution >= 0.6 is 0 Å². The van der Waals surface area contributed by atoms with E-state index in [-0.39, 0.29) is 6.61 Å². The highest BCUT2D eigenvalue weighted by Crippen LogP contribution is 2.32. The van der Waals surface area contributed by atoms with E-state index in [4.69, 9.17) is 28.4 Å². The number of ether oxygens (including phenoxy) is 6. The van der Waals surface area contributed by atoms with Crippen molar-refractivity contribution in [3.05, 3.63) is 0 Å². The van der Waals surface area contributed by atoms with Gasteiger partial charge in [0.05, 0.1) is 19.8 Å². The summed E-state index contributed by atoms with van der Waals surface area (Å²) in [6.07, 6.45) is -6.99. The van der Waals surface area contributed by atoms with Crippen molar-refractivity contribution in [2.24, 2.45) is 0 Å². The maximum atomic E-state index is 10.9. The first-order chi connectivity index (χ1) is 24.1. The number of rotatable bonds is 23. The van der Waals surface area contributed by atoms with Crippen molar-refractivity contribution < 1.29 is 79.5 Å². The van der Waals surface area contributed by atoms with E-state index in [0.717, 1.165) is 25.7 Å². The summed E-state index contributed by atoms with van der Waals surface area (Å²) in [4.78, 5) is 0. The molecule has 0 saturated carbocycles. The van der Waals surface area contributed by atoms with Gasteiger partial charge < -0.3 is 79.5 Å². The summed E-state index contributed by atoms with van der Waals surface area (Å²) in [6, 6.07) is 0. The van der Waals surface area contributed by atoms with Crippen LogP contribution in [-0.2, 0) is 28.4 Å². The Morgan fingerprint density at radius 3 is 1.20 bits per heavy atom. The summed E-state index contributed by atoms with van der Waals surface area (Å²) in [5.74, 6) is 0. The molecule has 0 spiro atoms. The highest BCUT2D eigenvalue weighted by molar-refractivity contribution is 4.96. The largest absolute Gasteiger partial charge is 0.394 e. The van der Waals surface area contributed by atoms with Gasteiger partial charge in [-0.2, -0.15) is 0 Å². The second-order valence-electron chi connectivity index (χ2n) is 13.8. The molecule has 3 fully saturated rings. The molecule has 0 aliphatic carbocycles. The second-order valence-corrected chi connectivity index (χ2v) is 13.8. The minimum atomic E-state index is -1.88. The molecule has 15 atom stereocenters. The monoisotopic (exact) mass is 728 g/mol. The van der Waals surface area contributed by atoms with Gasteiger partial charge in [0.1, 0.15) is 73.2 Å². The van der Waals surface area contributed by atoms with Crippen molar-refractivity contribution in [1.29, 1.82) is 0 Å². The van der Waals surface area contributed by atoms with E-state index in [1.54, 1.807) is 0 Å². The summed E-state index contributed by atoms with van der Waals surface area (Å²) in [7, 11) is 0. The molecule has 0 aromatic carbocycles. The van der Waals surface area contributed by atoms with Crippen molar-refractivity contribution >= 4 is 0 Å². The van der Waals surface area contributed by atoms with Crippen LogP contribution in [0.2, 0.25) is 0 Å². The molecular formula is C34H64O16. The maximum Gasteiger partial charge on any atom is 0.187 e. The van der Waals surface area contributed by atoms with E-state index in [0.29, 0.717) is 0 Å². The standard InChI is InChI=1S/C34H64O16/c1-2-3-4-5-6-7-8-9-10-11-12-13-14-15-16-45-32-28(43)25(40)30(21(18-36)47-32)50-34-29(44)26(41)31(22(19-37)48-34)49-33-27(42)24(39)23(38)20(17-35)46-33/h20-44H,2-19H2,1H3/t20-,21-,22-,23+,24+,25-,26-,27-,28-,29-,30+,31+,32+,33-,34-/m1/s1. The highest BCUT2D eigenvalue weighted by Gasteiger charge is 2.53. The average Bonchev–Trinajstić information content (AvgIpc) is 3.12. The molecule has 50 heavy (non-hydrogen) atoms. The molecule has 10 N–H and O–H groups in total. The minimum absolute atomic E-state index is 0.265. The zero-order valence-corrected chi connectivity index (χ0v) is 29.3. The van der Waals surface area contributed by atoms with Gasteiger partial charge in [-0.15, -0.1) is 0 Å². The number of hydrogen-bond donors (Lipinski definition) is 10. The van der Waals surface area contributed by atoms with E-state index in [2.05, 4.69) is 6.92 Å². The molecular weight excluding hydrogens is 664 g/mol.